The van der Waals surface area contributed by atoms with Crippen molar-refractivity contribution in [1.82, 2.24) is 0 Å². The summed E-state index contributed by atoms with van der Waals surface area (Å²) in [6.45, 7) is 0. The molecule has 0 bridgehead atoms. The minimum Gasteiger partial charge on any atom is -0.391 e. The Morgan fingerprint density at radius 2 is 0.222 bits per heavy atom. The third kappa shape index (κ3) is 12.8. The van der Waals surface area contributed by atoms with Gasteiger partial charge in [-0.1, -0.05) is 364 Å². The molecule has 99 heavy (non-hydrogen) atoms. The average molecular weight is 1340 g/mol. The van der Waals surface area contributed by atoms with Crippen molar-refractivity contribution in [3.8, 4) is 0 Å². The van der Waals surface area contributed by atoms with E-state index in [2.05, 4.69) is 328 Å². The van der Waals surface area contributed by atoms with Gasteiger partial charge >= 0.3 is 25.7 Å². The van der Waals surface area contributed by atoms with Crippen LogP contribution in [0.2, 0.25) is 0 Å². The molecular formula is C90H78O6Si3. The van der Waals surface area contributed by atoms with E-state index in [1.54, 1.807) is 42.7 Å². The zero-order valence-corrected chi connectivity index (χ0v) is 59.6. The maximum atomic E-state index is 6.49. The van der Waals surface area contributed by atoms with Gasteiger partial charge in [0.05, 0.1) is 0 Å². The smallest absolute Gasteiger partial charge is 0.391 e. The highest BCUT2D eigenvalue weighted by Crippen LogP contribution is 2.59. The summed E-state index contributed by atoms with van der Waals surface area (Å²) in [5, 5.41) is 6.90. The molecule has 15 rings (SSSR count). The molecule has 0 aromatic heterocycles. The first-order valence-corrected chi connectivity index (χ1v) is 38.8. The van der Waals surface area contributed by atoms with E-state index in [-0.39, 0.29) is 0 Å². The van der Waals surface area contributed by atoms with Gasteiger partial charge in [-0.3, -0.25) is 0 Å². The Morgan fingerprint density at radius 1 is 0.131 bits per heavy atom. The standard InChI is InChI=1S/3C30H26O2Si/c3*1-31-33(32-2)29(25-19-11-5-12-20-25)27(23-15-7-3-8-16-23)28(24-17-9-4-10-18-24)30(33)26-21-13-6-14-22-26/h3*3-22H,1-2H3. The Bertz CT molecular complexity index is 4070. The van der Waals surface area contributed by atoms with E-state index in [1.165, 1.54) is 33.4 Å². The fourth-order valence-corrected chi connectivity index (χ4v) is 25.2. The van der Waals surface area contributed by atoms with Crippen LogP contribution >= 0.6 is 0 Å². The Labute approximate surface area is 586 Å². The molecule has 0 atom stereocenters. The third-order valence-corrected chi connectivity index (χ3v) is 29.3. The van der Waals surface area contributed by atoms with Crippen LogP contribution in [0, 0.1) is 0 Å². The number of hydrogen-bond acceptors (Lipinski definition) is 6. The molecule has 486 valence electrons. The fourth-order valence-electron chi connectivity index (χ4n) is 14.6. The zero-order chi connectivity index (χ0) is 68.0. The van der Waals surface area contributed by atoms with Crippen molar-refractivity contribution in [2.45, 2.75) is 0 Å². The molecule has 3 aliphatic rings. The van der Waals surface area contributed by atoms with Gasteiger partial charge in [-0.05, 0) is 100 Å². The molecule has 0 aliphatic carbocycles. The Hall–Kier alpha value is -10.5. The monoisotopic (exact) mass is 1340 g/mol. The molecule has 0 saturated heterocycles. The molecule has 0 spiro atoms. The maximum Gasteiger partial charge on any atom is 0.409 e. The fraction of sp³-hybridized carbons (Fsp3) is 0.0667. The molecule has 0 radical (unpaired) electrons. The first-order chi connectivity index (χ1) is 48.9. The number of allylic oxidation sites excluding steroid dienone is 6. The lowest BCUT2D eigenvalue weighted by atomic mass is 9.89. The molecule has 3 heterocycles. The molecule has 12 aromatic carbocycles. The summed E-state index contributed by atoms with van der Waals surface area (Å²) < 4.78 is 38.9. The Morgan fingerprint density at radius 3 is 0.313 bits per heavy atom. The summed E-state index contributed by atoms with van der Waals surface area (Å²) >= 11 is 0. The van der Waals surface area contributed by atoms with Crippen LogP contribution in [-0.4, -0.2) is 68.3 Å². The van der Waals surface area contributed by atoms with Gasteiger partial charge in [-0.2, -0.15) is 0 Å². The highest BCUT2D eigenvalue weighted by Gasteiger charge is 2.57. The lowest BCUT2D eigenvalue weighted by molar-refractivity contribution is 0.275. The summed E-state index contributed by atoms with van der Waals surface area (Å²) in [7, 11) is 1.58. The molecule has 3 aliphatic heterocycles. The summed E-state index contributed by atoms with van der Waals surface area (Å²) in [6, 6.07) is 127. The van der Waals surface area contributed by atoms with Crippen LogP contribution in [0.25, 0.3) is 64.6 Å². The van der Waals surface area contributed by atoms with Gasteiger partial charge in [0, 0.05) is 73.8 Å². The predicted molar refractivity (Wildman–Crippen MR) is 418 cm³/mol. The highest BCUT2D eigenvalue weighted by atomic mass is 28.4. The SMILES string of the molecule is CO[Si]1(OC)C(c2ccccc2)=C(c2ccccc2)C(c2ccccc2)=C1c1ccccc1.CO[Si]1(OC)C(c2ccccc2)=C(c2ccccc2)C(c2ccccc2)=C1c1ccccc1.CO[Si]1(OC)C(c2ccccc2)=C(c2ccccc2)C(c2ccccc2)=C1c1ccccc1. The zero-order valence-electron chi connectivity index (χ0n) is 56.6. The second-order valence-corrected chi connectivity index (χ2v) is 33.1. The summed E-state index contributed by atoms with van der Waals surface area (Å²) in [6.07, 6.45) is 0. The molecule has 0 unspecified atom stereocenters. The van der Waals surface area contributed by atoms with Crippen LogP contribution in [0.3, 0.4) is 0 Å². The predicted octanol–water partition coefficient (Wildman–Crippen LogP) is 21.1. The number of rotatable bonds is 18. The average Bonchev–Trinajstić information content (AvgIpc) is 1.57. The minimum absolute atomic E-state index is 1.13. The van der Waals surface area contributed by atoms with Crippen molar-refractivity contribution < 1.29 is 26.6 Å². The van der Waals surface area contributed by atoms with Crippen LogP contribution in [0.4, 0.5) is 0 Å². The molecule has 0 N–H and O–H groups in total. The lowest BCUT2D eigenvalue weighted by Crippen LogP contribution is -2.42. The van der Waals surface area contributed by atoms with E-state index in [1.807, 2.05) is 36.4 Å². The molecule has 9 heteroatoms. The van der Waals surface area contributed by atoms with Crippen molar-refractivity contribution in [2.24, 2.45) is 0 Å². The van der Waals surface area contributed by atoms with Crippen LogP contribution in [0.5, 0.6) is 0 Å². The van der Waals surface area contributed by atoms with Crippen LogP contribution < -0.4 is 0 Å². The van der Waals surface area contributed by atoms with Crippen molar-refractivity contribution in [1.29, 1.82) is 0 Å². The highest BCUT2D eigenvalue weighted by molar-refractivity contribution is 7.08. The number of benzene rings is 12. The van der Waals surface area contributed by atoms with E-state index >= 15 is 0 Å². The van der Waals surface area contributed by atoms with E-state index in [9.17, 15) is 0 Å². The van der Waals surface area contributed by atoms with Gasteiger partial charge in [-0.25, -0.2) is 0 Å². The summed E-state index contributed by atoms with van der Waals surface area (Å²) in [5.41, 5.74) is 20.8. The Balaban J connectivity index is 0.000000133. The topological polar surface area (TPSA) is 55.4 Å². The van der Waals surface area contributed by atoms with E-state index in [0.29, 0.717) is 0 Å². The van der Waals surface area contributed by atoms with Gasteiger partial charge in [0.15, 0.2) is 0 Å². The Kier molecular flexibility index (Phi) is 20.9. The van der Waals surface area contributed by atoms with Crippen LogP contribution in [-0.2, 0) is 26.6 Å². The van der Waals surface area contributed by atoms with Crippen molar-refractivity contribution in [2.75, 3.05) is 42.7 Å². The largest absolute Gasteiger partial charge is 0.409 e. The second-order valence-electron chi connectivity index (χ2n) is 24.0. The lowest BCUT2D eigenvalue weighted by Gasteiger charge is -2.30. The molecular weight excluding hydrogens is 1260 g/mol. The van der Waals surface area contributed by atoms with Gasteiger partial charge in [0.1, 0.15) is 0 Å². The van der Waals surface area contributed by atoms with Gasteiger partial charge in [0.25, 0.3) is 0 Å². The summed E-state index contributed by atoms with van der Waals surface area (Å²) in [4.78, 5) is 0. The third-order valence-electron chi connectivity index (χ3n) is 18.7. The quantitative estimate of drug-likeness (QED) is 0.0798. The number of hydrogen-bond donors (Lipinski definition) is 0. The van der Waals surface area contributed by atoms with Crippen molar-refractivity contribution in [3.05, 3.63) is 431 Å². The van der Waals surface area contributed by atoms with Gasteiger partial charge in [0.2, 0.25) is 0 Å². The normalized spacial score (nSPS) is 15.2. The minimum atomic E-state index is -3.05. The van der Waals surface area contributed by atoms with E-state index < -0.39 is 25.7 Å². The summed E-state index contributed by atoms with van der Waals surface area (Å²) in [5.74, 6) is 0. The van der Waals surface area contributed by atoms with Crippen molar-refractivity contribution >= 4 is 90.3 Å². The van der Waals surface area contributed by atoms with Crippen molar-refractivity contribution in [3.63, 3.8) is 0 Å². The van der Waals surface area contributed by atoms with Crippen LogP contribution in [0.15, 0.2) is 364 Å². The molecule has 0 fully saturated rings. The first kappa shape index (κ1) is 67.1. The van der Waals surface area contributed by atoms with Gasteiger partial charge in [-0.15, -0.1) is 0 Å². The van der Waals surface area contributed by atoms with E-state index in [0.717, 1.165) is 97.9 Å². The van der Waals surface area contributed by atoms with Crippen LogP contribution in [0.1, 0.15) is 66.8 Å². The van der Waals surface area contributed by atoms with Gasteiger partial charge < -0.3 is 26.6 Å². The molecule has 6 nitrogen and oxygen atoms in total. The van der Waals surface area contributed by atoms with E-state index in [4.69, 9.17) is 26.6 Å². The molecule has 12 aromatic rings. The maximum absolute atomic E-state index is 6.49. The first-order valence-electron chi connectivity index (χ1n) is 33.4. The molecule has 0 saturated carbocycles. The molecule has 0 amide bonds. The second kappa shape index (κ2) is 30.9.